The van der Waals surface area contributed by atoms with Gasteiger partial charge >= 0.3 is 0 Å². The highest BCUT2D eigenvalue weighted by molar-refractivity contribution is 6.04. The van der Waals surface area contributed by atoms with Crippen LogP contribution in [0.5, 0.6) is 5.75 Å². The number of furan rings is 1. The second kappa shape index (κ2) is 9.31. The van der Waals surface area contributed by atoms with E-state index in [4.69, 9.17) is 9.15 Å². The molecule has 0 spiro atoms. The maximum atomic E-state index is 13.0. The van der Waals surface area contributed by atoms with E-state index in [1.165, 1.54) is 6.26 Å². The average molecular weight is 406 g/mol. The predicted octanol–water partition coefficient (Wildman–Crippen LogP) is 4.98. The van der Waals surface area contributed by atoms with Crippen LogP contribution in [0.25, 0.3) is 0 Å². The van der Waals surface area contributed by atoms with Crippen molar-refractivity contribution in [3.05, 3.63) is 83.3 Å². The molecule has 1 heterocycles. The highest BCUT2D eigenvalue weighted by Crippen LogP contribution is 2.25. The third-order valence-electron chi connectivity index (χ3n) is 4.92. The van der Waals surface area contributed by atoms with Crippen LogP contribution in [0, 0.1) is 12.8 Å². The van der Waals surface area contributed by atoms with Gasteiger partial charge in [0, 0.05) is 11.3 Å². The van der Waals surface area contributed by atoms with Crippen molar-refractivity contribution in [2.75, 3.05) is 12.4 Å². The summed E-state index contributed by atoms with van der Waals surface area (Å²) >= 11 is 0. The van der Waals surface area contributed by atoms with E-state index < -0.39 is 0 Å². The molecule has 1 aromatic heterocycles. The summed E-state index contributed by atoms with van der Waals surface area (Å²) < 4.78 is 10.3. The number of methoxy groups -OCH3 is 1. The lowest BCUT2D eigenvalue weighted by molar-refractivity contribution is 0.0924. The van der Waals surface area contributed by atoms with Gasteiger partial charge in [0.1, 0.15) is 5.75 Å². The van der Waals surface area contributed by atoms with Crippen molar-refractivity contribution >= 4 is 17.5 Å². The summed E-state index contributed by atoms with van der Waals surface area (Å²) in [6, 6.07) is 16.0. The van der Waals surface area contributed by atoms with E-state index in [1.54, 1.807) is 31.4 Å². The number of benzene rings is 2. The fraction of sp³-hybridized carbons (Fsp3) is 0.250. The normalized spacial score (nSPS) is 11.8. The number of hydrogen-bond acceptors (Lipinski definition) is 4. The zero-order valence-electron chi connectivity index (χ0n) is 17.6. The molecular formula is C24H26N2O4. The van der Waals surface area contributed by atoms with E-state index in [0.717, 1.165) is 16.9 Å². The molecule has 3 rings (SSSR count). The Kier molecular flexibility index (Phi) is 6.57. The number of hydrogen-bond donors (Lipinski definition) is 2. The Labute approximate surface area is 176 Å². The number of anilines is 1. The molecule has 2 amide bonds. The van der Waals surface area contributed by atoms with Crippen LogP contribution in [0.3, 0.4) is 0 Å². The summed E-state index contributed by atoms with van der Waals surface area (Å²) in [5.74, 6) is 0.592. The van der Waals surface area contributed by atoms with E-state index in [1.807, 2.05) is 37.3 Å². The molecule has 1 unspecified atom stereocenters. The van der Waals surface area contributed by atoms with E-state index >= 15 is 0 Å². The SMILES string of the molecule is COc1ccc(C(NC(=O)c2ccc(C)c(NC(=O)c3ccco3)c2)C(C)C)cc1. The van der Waals surface area contributed by atoms with Gasteiger partial charge in [-0.3, -0.25) is 9.59 Å². The number of amides is 2. The molecule has 0 saturated heterocycles. The van der Waals surface area contributed by atoms with Crippen LogP contribution in [0.15, 0.2) is 65.3 Å². The molecule has 2 aromatic carbocycles. The molecule has 0 fully saturated rings. The van der Waals surface area contributed by atoms with Gasteiger partial charge in [-0.15, -0.1) is 0 Å². The molecule has 0 radical (unpaired) electrons. The Morgan fingerprint density at radius 2 is 1.73 bits per heavy atom. The summed E-state index contributed by atoms with van der Waals surface area (Å²) in [5.41, 5.74) is 2.88. The second-order valence-corrected chi connectivity index (χ2v) is 7.43. The van der Waals surface area contributed by atoms with E-state index in [0.29, 0.717) is 11.3 Å². The van der Waals surface area contributed by atoms with Crippen LogP contribution >= 0.6 is 0 Å². The van der Waals surface area contributed by atoms with Gasteiger partial charge in [-0.05, 0) is 60.4 Å². The number of carbonyl (C=O) groups is 2. The van der Waals surface area contributed by atoms with Crippen LogP contribution in [-0.2, 0) is 0 Å². The topological polar surface area (TPSA) is 80.6 Å². The molecule has 30 heavy (non-hydrogen) atoms. The van der Waals surface area contributed by atoms with Crippen LogP contribution in [0.2, 0.25) is 0 Å². The Balaban J connectivity index is 1.78. The minimum Gasteiger partial charge on any atom is -0.497 e. The zero-order chi connectivity index (χ0) is 21.7. The van der Waals surface area contributed by atoms with Crippen molar-refractivity contribution < 1.29 is 18.7 Å². The third kappa shape index (κ3) is 4.89. The Hall–Kier alpha value is -3.54. The van der Waals surface area contributed by atoms with Gasteiger partial charge in [-0.1, -0.05) is 32.0 Å². The first-order valence-electron chi connectivity index (χ1n) is 9.79. The van der Waals surface area contributed by atoms with Gasteiger partial charge in [0.15, 0.2) is 5.76 Å². The summed E-state index contributed by atoms with van der Waals surface area (Å²) in [4.78, 5) is 25.3. The lowest BCUT2D eigenvalue weighted by Crippen LogP contribution is -2.31. The largest absolute Gasteiger partial charge is 0.497 e. The summed E-state index contributed by atoms with van der Waals surface area (Å²) in [6.45, 7) is 5.98. The lowest BCUT2D eigenvalue weighted by Gasteiger charge is -2.23. The molecule has 156 valence electrons. The predicted molar refractivity (Wildman–Crippen MR) is 116 cm³/mol. The standard InChI is InChI=1S/C24H26N2O4/c1-15(2)22(17-9-11-19(29-4)12-10-17)26-23(27)18-8-7-16(3)20(14-18)25-24(28)21-6-5-13-30-21/h5-15,22H,1-4H3,(H,25,28)(H,26,27). The Morgan fingerprint density at radius 1 is 1.00 bits per heavy atom. The molecule has 3 aromatic rings. The number of nitrogens with one attached hydrogen (secondary N) is 2. The number of aryl methyl sites for hydroxylation is 1. The van der Waals surface area contributed by atoms with Gasteiger partial charge in [0.2, 0.25) is 0 Å². The van der Waals surface area contributed by atoms with Crippen LogP contribution in [0.1, 0.15) is 51.9 Å². The van der Waals surface area contributed by atoms with Crippen molar-refractivity contribution in [3.63, 3.8) is 0 Å². The molecule has 0 bridgehead atoms. The van der Waals surface area contributed by atoms with Crippen LogP contribution < -0.4 is 15.4 Å². The van der Waals surface area contributed by atoms with Crippen molar-refractivity contribution in [2.45, 2.75) is 26.8 Å². The molecule has 0 saturated carbocycles. The summed E-state index contributed by atoms with van der Waals surface area (Å²) in [7, 11) is 1.62. The highest BCUT2D eigenvalue weighted by atomic mass is 16.5. The average Bonchev–Trinajstić information content (AvgIpc) is 3.28. The quantitative estimate of drug-likeness (QED) is 0.580. The van der Waals surface area contributed by atoms with Gasteiger partial charge in [-0.25, -0.2) is 0 Å². The molecular weight excluding hydrogens is 380 g/mol. The van der Waals surface area contributed by atoms with Gasteiger partial charge in [-0.2, -0.15) is 0 Å². The van der Waals surface area contributed by atoms with E-state index in [2.05, 4.69) is 24.5 Å². The maximum absolute atomic E-state index is 13.0. The number of rotatable bonds is 7. The van der Waals surface area contributed by atoms with Crippen molar-refractivity contribution in [3.8, 4) is 5.75 Å². The first kappa shape index (κ1) is 21.2. The third-order valence-corrected chi connectivity index (χ3v) is 4.92. The lowest BCUT2D eigenvalue weighted by atomic mass is 9.95. The highest BCUT2D eigenvalue weighted by Gasteiger charge is 2.20. The van der Waals surface area contributed by atoms with Gasteiger partial charge in [0.05, 0.1) is 19.4 Å². The molecule has 6 nitrogen and oxygen atoms in total. The van der Waals surface area contributed by atoms with Gasteiger partial charge in [0.25, 0.3) is 11.8 Å². The molecule has 0 aliphatic carbocycles. The van der Waals surface area contributed by atoms with Crippen molar-refractivity contribution in [1.29, 1.82) is 0 Å². The van der Waals surface area contributed by atoms with Crippen LogP contribution in [-0.4, -0.2) is 18.9 Å². The number of carbonyl (C=O) groups excluding carboxylic acids is 2. The Bertz CT molecular complexity index is 1010. The Morgan fingerprint density at radius 3 is 2.33 bits per heavy atom. The summed E-state index contributed by atoms with van der Waals surface area (Å²) in [6.07, 6.45) is 1.44. The zero-order valence-corrected chi connectivity index (χ0v) is 17.6. The first-order valence-corrected chi connectivity index (χ1v) is 9.79. The summed E-state index contributed by atoms with van der Waals surface area (Å²) in [5, 5.41) is 5.90. The van der Waals surface area contributed by atoms with E-state index in [-0.39, 0.29) is 29.5 Å². The molecule has 0 aliphatic rings. The fourth-order valence-electron chi connectivity index (χ4n) is 3.16. The number of ether oxygens (including phenoxy) is 1. The monoisotopic (exact) mass is 406 g/mol. The van der Waals surface area contributed by atoms with Crippen LogP contribution in [0.4, 0.5) is 5.69 Å². The minimum absolute atomic E-state index is 0.161. The van der Waals surface area contributed by atoms with Crippen molar-refractivity contribution in [1.82, 2.24) is 5.32 Å². The molecule has 1 atom stereocenters. The van der Waals surface area contributed by atoms with E-state index in [9.17, 15) is 9.59 Å². The second-order valence-electron chi connectivity index (χ2n) is 7.43. The van der Waals surface area contributed by atoms with Gasteiger partial charge < -0.3 is 19.8 Å². The smallest absolute Gasteiger partial charge is 0.291 e. The molecule has 6 heteroatoms. The molecule has 2 N–H and O–H groups in total. The fourth-order valence-corrected chi connectivity index (χ4v) is 3.16. The maximum Gasteiger partial charge on any atom is 0.291 e. The molecule has 0 aliphatic heterocycles. The minimum atomic E-state index is -0.362. The van der Waals surface area contributed by atoms with Crippen molar-refractivity contribution in [2.24, 2.45) is 5.92 Å². The first-order chi connectivity index (χ1) is 14.4.